The molecule has 1 aliphatic heterocycles. The summed E-state index contributed by atoms with van der Waals surface area (Å²) >= 11 is 0. The van der Waals surface area contributed by atoms with Crippen molar-refractivity contribution in [2.24, 2.45) is 5.73 Å². The molecule has 10 heteroatoms. The minimum absolute atomic E-state index is 0.478. The van der Waals surface area contributed by atoms with Gasteiger partial charge in [-0.1, -0.05) is 30.3 Å². The molecule has 1 fully saturated rings. The van der Waals surface area contributed by atoms with Crippen molar-refractivity contribution in [1.82, 2.24) is 5.32 Å². The molecule has 1 atom stereocenters. The van der Waals surface area contributed by atoms with Gasteiger partial charge in [-0.05, 0) is 6.07 Å². The summed E-state index contributed by atoms with van der Waals surface area (Å²) in [4.78, 5) is 29.3. The lowest BCUT2D eigenvalue weighted by atomic mass is 10.0. The van der Waals surface area contributed by atoms with Crippen LogP contribution >= 0.6 is 0 Å². The van der Waals surface area contributed by atoms with Gasteiger partial charge >= 0.3 is 12.2 Å². The first-order chi connectivity index (χ1) is 13.8. The average molecular weight is 409 g/mol. The van der Waals surface area contributed by atoms with Crippen molar-refractivity contribution in [2.75, 3.05) is 31.1 Å². The number of anilines is 1. The van der Waals surface area contributed by atoms with Gasteiger partial charge in [0.2, 0.25) is 0 Å². The number of aromatic nitrogens is 1. The van der Waals surface area contributed by atoms with Crippen LogP contribution in [0.2, 0.25) is 0 Å². The minimum Gasteiger partial charge on any atom is -0.351 e. The highest BCUT2D eigenvalue weighted by Gasteiger charge is 2.37. The number of imide groups is 1. The van der Waals surface area contributed by atoms with Crippen LogP contribution in [0.15, 0.2) is 48.7 Å². The fraction of sp³-hybridized carbons (Fsp3) is 0.316. The number of piperazine rings is 1. The van der Waals surface area contributed by atoms with Crippen LogP contribution < -0.4 is 25.8 Å². The fourth-order valence-electron chi connectivity index (χ4n) is 3.52. The van der Waals surface area contributed by atoms with E-state index in [9.17, 15) is 22.8 Å². The number of rotatable bonds is 4. The lowest BCUT2D eigenvalue weighted by Crippen LogP contribution is -3.16. The number of hydrogen-bond acceptors (Lipinski definition) is 3. The van der Waals surface area contributed by atoms with E-state index in [0.29, 0.717) is 32.0 Å². The molecular weight excluding hydrogens is 387 g/mol. The maximum absolute atomic E-state index is 12.7. The number of nitrogens with two attached hydrogens (primary N) is 1. The van der Waals surface area contributed by atoms with E-state index in [1.54, 1.807) is 0 Å². The number of halogens is 3. The van der Waals surface area contributed by atoms with Crippen molar-refractivity contribution >= 4 is 17.8 Å². The molecule has 154 valence electrons. The summed E-state index contributed by atoms with van der Waals surface area (Å²) in [5, 5.41) is 2.15. The lowest BCUT2D eigenvalue weighted by molar-refractivity contribution is -0.922. The Bertz CT molecular complexity index is 850. The molecule has 3 rings (SSSR count). The number of hydrogen-bond donors (Lipinski definition) is 3. The number of carbonyl (C=O) groups is 2. The second-order valence-electron chi connectivity index (χ2n) is 6.80. The minimum atomic E-state index is -4.39. The maximum Gasteiger partial charge on any atom is 0.419 e. The van der Waals surface area contributed by atoms with Crippen LogP contribution in [-0.4, -0.2) is 38.1 Å². The third-order valence-corrected chi connectivity index (χ3v) is 4.92. The first-order valence-electron chi connectivity index (χ1n) is 9.09. The van der Waals surface area contributed by atoms with E-state index in [0.717, 1.165) is 22.7 Å². The zero-order valence-corrected chi connectivity index (χ0v) is 15.5. The summed E-state index contributed by atoms with van der Waals surface area (Å²) in [6.07, 6.45) is -3.45. The number of amides is 3. The Morgan fingerprint density at radius 2 is 1.76 bits per heavy atom. The second kappa shape index (κ2) is 8.48. The molecule has 0 bridgehead atoms. The van der Waals surface area contributed by atoms with Crippen LogP contribution in [0.3, 0.4) is 0 Å². The molecule has 0 radical (unpaired) electrons. The smallest absolute Gasteiger partial charge is 0.351 e. The first-order valence-corrected chi connectivity index (χ1v) is 9.09. The molecule has 7 nitrogen and oxygen atoms in total. The third-order valence-electron chi connectivity index (χ3n) is 4.92. The van der Waals surface area contributed by atoms with Gasteiger partial charge in [-0.2, -0.15) is 13.2 Å². The Hall–Kier alpha value is -3.14. The van der Waals surface area contributed by atoms with E-state index in [4.69, 9.17) is 5.73 Å². The van der Waals surface area contributed by atoms with Crippen molar-refractivity contribution < 1.29 is 32.6 Å². The number of carbonyl (C=O) groups excluding carboxylic acids is 2. The van der Waals surface area contributed by atoms with Crippen molar-refractivity contribution in [2.45, 2.75) is 12.2 Å². The van der Waals surface area contributed by atoms with Crippen LogP contribution in [0.1, 0.15) is 17.2 Å². The largest absolute Gasteiger partial charge is 0.419 e. The Morgan fingerprint density at radius 1 is 1.10 bits per heavy atom. The van der Waals surface area contributed by atoms with Gasteiger partial charge < -0.3 is 10.6 Å². The third kappa shape index (κ3) is 5.02. The molecular formula is C19H22F3N5O2+2. The van der Waals surface area contributed by atoms with Gasteiger partial charge in [0.15, 0.2) is 6.04 Å². The Balaban J connectivity index is 1.71. The molecule has 1 aromatic carbocycles. The summed E-state index contributed by atoms with van der Waals surface area (Å²) < 4.78 is 38.2. The van der Waals surface area contributed by atoms with E-state index < -0.39 is 29.7 Å². The van der Waals surface area contributed by atoms with Crippen molar-refractivity contribution in [3.8, 4) is 0 Å². The van der Waals surface area contributed by atoms with Crippen LogP contribution in [0.4, 0.5) is 23.8 Å². The molecule has 0 spiro atoms. The quantitative estimate of drug-likeness (QED) is 0.672. The van der Waals surface area contributed by atoms with Gasteiger partial charge in [-0.3, -0.25) is 15.0 Å². The van der Waals surface area contributed by atoms with E-state index in [-0.39, 0.29) is 0 Å². The van der Waals surface area contributed by atoms with E-state index in [2.05, 4.69) is 10.3 Å². The predicted molar refractivity (Wildman–Crippen MR) is 97.8 cm³/mol. The number of nitrogens with one attached hydrogen (secondary N) is 3. The maximum atomic E-state index is 12.7. The summed E-state index contributed by atoms with van der Waals surface area (Å²) in [6.45, 7) is 2.18. The van der Waals surface area contributed by atoms with Crippen LogP contribution in [0, 0.1) is 0 Å². The number of aromatic amines is 1. The molecule has 0 aliphatic carbocycles. The lowest BCUT2D eigenvalue weighted by Gasteiger charge is -2.33. The summed E-state index contributed by atoms with van der Waals surface area (Å²) in [6, 6.07) is 10.0. The first kappa shape index (κ1) is 20.6. The molecule has 2 aromatic rings. The Kier molecular flexibility index (Phi) is 6.02. The second-order valence-corrected chi connectivity index (χ2v) is 6.80. The van der Waals surface area contributed by atoms with Crippen molar-refractivity contribution in [1.29, 1.82) is 0 Å². The Morgan fingerprint density at radius 3 is 2.28 bits per heavy atom. The summed E-state index contributed by atoms with van der Waals surface area (Å²) in [5.41, 5.74) is 5.13. The average Bonchev–Trinajstić information content (AvgIpc) is 2.68. The molecule has 1 aliphatic rings. The number of benzene rings is 1. The van der Waals surface area contributed by atoms with Gasteiger partial charge in [0, 0.05) is 11.6 Å². The van der Waals surface area contributed by atoms with Crippen LogP contribution in [0.5, 0.6) is 0 Å². The van der Waals surface area contributed by atoms with E-state index in [1.165, 1.54) is 6.07 Å². The van der Waals surface area contributed by atoms with Crippen molar-refractivity contribution in [3.05, 3.63) is 59.8 Å². The molecule has 29 heavy (non-hydrogen) atoms. The van der Waals surface area contributed by atoms with Crippen LogP contribution in [-0.2, 0) is 11.0 Å². The molecule has 0 unspecified atom stereocenters. The molecule has 5 N–H and O–H groups in total. The van der Waals surface area contributed by atoms with Gasteiger partial charge in [-0.15, -0.1) is 0 Å². The van der Waals surface area contributed by atoms with Crippen molar-refractivity contribution in [3.63, 3.8) is 0 Å². The number of quaternary nitrogens is 1. The fourth-order valence-corrected chi connectivity index (χ4v) is 3.52. The van der Waals surface area contributed by atoms with Gasteiger partial charge in [0.25, 0.3) is 11.7 Å². The zero-order chi connectivity index (χ0) is 21.0. The number of alkyl halides is 3. The van der Waals surface area contributed by atoms with E-state index in [1.807, 2.05) is 35.2 Å². The standard InChI is InChI=1S/C19H20F3N5O2/c20-19(21,22)14-6-7-15(24-12-14)26-8-10-27(11-9-26)16(17(28)25-18(23)29)13-4-2-1-3-5-13/h1-7,12,16H,8-11H2,(H3,23,25,28,29)/p+2/t16-/m1/s1. The highest BCUT2D eigenvalue weighted by Crippen LogP contribution is 2.28. The topological polar surface area (TPSA) is 94.0 Å². The molecule has 2 heterocycles. The number of primary amides is 1. The molecule has 3 amide bonds. The molecule has 1 saturated heterocycles. The highest BCUT2D eigenvalue weighted by atomic mass is 19.4. The number of urea groups is 1. The summed E-state index contributed by atoms with van der Waals surface area (Å²) in [5.74, 6) is 0.100. The Labute approximate surface area is 165 Å². The number of H-pyrrole nitrogens is 1. The highest BCUT2D eigenvalue weighted by molar-refractivity contribution is 5.96. The van der Waals surface area contributed by atoms with Gasteiger partial charge in [0.05, 0.1) is 5.56 Å². The number of pyridine rings is 1. The SMILES string of the molecule is NC(=O)NC(=O)[C@@H](c1ccccc1)[NH+]1CCN(c2ccc(C(F)(F)F)c[nH+]2)CC1. The summed E-state index contributed by atoms with van der Waals surface area (Å²) in [7, 11) is 0. The monoisotopic (exact) mass is 409 g/mol. The van der Waals surface area contributed by atoms with E-state index >= 15 is 0 Å². The number of nitrogens with zero attached hydrogens (tertiary/aromatic N) is 1. The zero-order valence-electron chi connectivity index (χ0n) is 15.5. The molecule has 0 saturated carbocycles. The van der Waals surface area contributed by atoms with Gasteiger partial charge in [-0.25, -0.2) is 9.78 Å². The van der Waals surface area contributed by atoms with Crippen LogP contribution in [0.25, 0.3) is 0 Å². The molecule has 1 aromatic heterocycles. The van der Waals surface area contributed by atoms with Gasteiger partial charge in [0.1, 0.15) is 32.4 Å². The normalized spacial score (nSPS) is 16.3. The predicted octanol–water partition coefficient (Wildman–Crippen LogP) is 0.161.